The normalized spacial score (nSPS) is 10.8. The Morgan fingerprint density at radius 1 is 1.30 bits per heavy atom. The molecule has 3 rings (SSSR count). The Bertz CT molecular complexity index is 762. The maximum absolute atomic E-state index is 10.7. The van der Waals surface area contributed by atoms with Crippen molar-refractivity contribution in [3.8, 4) is 20.6 Å². The summed E-state index contributed by atoms with van der Waals surface area (Å²) >= 11 is 10.2. The van der Waals surface area contributed by atoms with E-state index in [1.165, 1.54) is 34.0 Å². The first-order chi connectivity index (χ1) is 9.61. The van der Waals surface area contributed by atoms with Crippen LogP contribution in [0.5, 0.6) is 0 Å². The number of halogens is 1. The maximum Gasteiger partial charge on any atom is 0.308 e. The molecule has 0 aliphatic rings. The van der Waals surface area contributed by atoms with Crippen LogP contribution in [0.4, 0.5) is 0 Å². The molecule has 0 amide bonds. The molecule has 0 saturated heterocycles. The van der Waals surface area contributed by atoms with Gasteiger partial charge in [0, 0.05) is 10.3 Å². The minimum absolute atomic E-state index is 0.0454. The zero-order valence-corrected chi connectivity index (χ0v) is 13.1. The van der Waals surface area contributed by atoms with Crippen LogP contribution in [-0.2, 0) is 11.2 Å². The van der Waals surface area contributed by atoms with Gasteiger partial charge in [-0.2, -0.15) is 0 Å². The van der Waals surface area contributed by atoms with Gasteiger partial charge in [0.25, 0.3) is 0 Å². The predicted octanol–water partition coefficient (Wildman–Crippen LogP) is 4.28. The molecular weight excluding hydrogens is 336 g/mol. The molecular formula is C12H7ClN2O2S3. The highest BCUT2D eigenvalue weighted by Crippen LogP contribution is 2.35. The summed E-state index contributed by atoms with van der Waals surface area (Å²) in [4.78, 5) is 21.2. The zero-order valence-electron chi connectivity index (χ0n) is 9.87. The van der Waals surface area contributed by atoms with E-state index in [0.717, 1.165) is 25.5 Å². The summed E-state index contributed by atoms with van der Waals surface area (Å²) in [5.74, 6) is -0.824. The largest absolute Gasteiger partial charge is 0.481 e. The lowest BCUT2D eigenvalue weighted by atomic mass is 10.3. The van der Waals surface area contributed by atoms with E-state index in [4.69, 9.17) is 16.7 Å². The van der Waals surface area contributed by atoms with Crippen molar-refractivity contribution in [2.24, 2.45) is 0 Å². The summed E-state index contributed by atoms with van der Waals surface area (Å²) in [6, 6.07) is 3.73. The van der Waals surface area contributed by atoms with Gasteiger partial charge in [-0.25, -0.2) is 9.97 Å². The molecule has 3 aromatic heterocycles. The smallest absolute Gasteiger partial charge is 0.308 e. The number of hydrogen-bond acceptors (Lipinski definition) is 6. The number of carbonyl (C=O) groups is 1. The van der Waals surface area contributed by atoms with Gasteiger partial charge in [-0.15, -0.1) is 22.7 Å². The molecule has 0 atom stereocenters. The predicted molar refractivity (Wildman–Crippen MR) is 82.9 cm³/mol. The molecule has 0 aliphatic carbocycles. The van der Waals surface area contributed by atoms with Crippen molar-refractivity contribution >= 4 is 51.6 Å². The number of carboxylic acids is 1. The first-order valence-electron chi connectivity index (χ1n) is 5.50. The van der Waals surface area contributed by atoms with Crippen molar-refractivity contribution in [1.82, 2.24) is 9.97 Å². The number of thiophene rings is 1. The van der Waals surface area contributed by atoms with Crippen LogP contribution in [0.1, 0.15) is 4.88 Å². The molecule has 3 heterocycles. The third-order valence-corrected chi connectivity index (χ3v) is 5.61. The summed E-state index contributed by atoms with van der Waals surface area (Å²) in [5.41, 5.74) is 0.845. The lowest BCUT2D eigenvalue weighted by Crippen LogP contribution is -1.96. The number of hydrogen-bond donors (Lipinski definition) is 1. The van der Waals surface area contributed by atoms with Crippen LogP contribution in [0.3, 0.4) is 0 Å². The molecule has 0 aliphatic heterocycles. The Morgan fingerprint density at radius 3 is 2.85 bits per heavy atom. The molecule has 20 heavy (non-hydrogen) atoms. The lowest BCUT2D eigenvalue weighted by molar-refractivity contribution is -0.136. The van der Waals surface area contributed by atoms with Gasteiger partial charge in [0.15, 0.2) is 10.0 Å². The van der Waals surface area contributed by atoms with E-state index in [-0.39, 0.29) is 6.42 Å². The summed E-state index contributed by atoms with van der Waals surface area (Å²) < 4.78 is 0.636. The Hall–Kier alpha value is -1.28. The standard InChI is InChI=1S/C12H7ClN2O2S3/c13-9-4-14-11(20-9)12-15-7(5-18-12)8-2-1-6(19-8)3-10(16)17/h1-2,4-5H,3H2,(H,16,17). The van der Waals surface area contributed by atoms with E-state index < -0.39 is 5.97 Å². The molecule has 0 saturated carbocycles. The Kier molecular flexibility index (Phi) is 3.84. The van der Waals surface area contributed by atoms with Gasteiger partial charge in [0.1, 0.15) is 4.34 Å². The molecule has 0 spiro atoms. The first-order valence-corrected chi connectivity index (χ1v) is 8.39. The number of aliphatic carboxylic acids is 1. The second kappa shape index (κ2) is 5.61. The van der Waals surface area contributed by atoms with Gasteiger partial charge in [-0.05, 0) is 12.1 Å². The van der Waals surface area contributed by atoms with Crippen LogP contribution in [0, 0.1) is 0 Å². The molecule has 4 nitrogen and oxygen atoms in total. The number of rotatable bonds is 4. The summed E-state index contributed by atoms with van der Waals surface area (Å²) in [6.45, 7) is 0. The molecule has 0 aromatic carbocycles. The minimum Gasteiger partial charge on any atom is -0.481 e. The van der Waals surface area contributed by atoms with Crippen molar-refractivity contribution < 1.29 is 9.90 Å². The Labute approximate surface area is 131 Å². The average Bonchev–Trinajstić information content (AvgIpc) is 3.06. The van der Waals surface area contributed by atoms with E-state index in [2.05, 4.69) is 9.97 Å². The van der Waals surface area contributed by atoms with Crippen molar-refractivity contribution in [3.05, 3.63) is 32.9 Å². The second-order valence-electron chi connectivity index (χ2n) is 3.84. The number of thiazole rings is 2. The zero-order chi connectivity index (χ0) is 14.1. The molecule has 0 unspecified atom stereocenters. The molecule has 102 valence electrons. The maximum atomic E-state index is 10.7. The van der Waals surface area contributed by atoms with Crippen molar-refractivity contribution in [2.45, 2.75) is 6.42 Å². The topological polar surface area (TPSA) is 63.1 Å². The van der Waals surface area contributed by atoms with Gasteiger partial charge in [-0.3, -0.25) is 4.79 Å². The van der Waals surface area contributed by atoms with Gasteiger partial charge >= 0.3 is 5.97 Å². The van der Waals surface area contributed by atoms with Crippen LogP contribution in [0.15, 0.2) is 23.7 Å². The summed E-state index contributed by atoms with van der Waals surface area (Å²) in [7, 11) is 0. The van der Waals surface area contributed by atoms with Crippen molar-refractivity contribution in [2.75, 3.05) is 0 Å². The number of nitrogens with zero attached hydrogens (tertiary/aromatic N) is 2. The Morgan fingerprint density at radius 2 is 2.15 bits per heavy atom. The second-order valence-corrected chi connectivity index (χ2v) is 7.53. The first kappa shape index (κ1) is 13.7. The van der Waals surface area contributed by atoms with Crippen molar-refractivity contribution in [1.29, 1.82) is 0 Å². The molecule has 3 aromatic rings. The lowest BCUT2D eigenvalue weighted by Gasteiger charge is -1.90. The van der Waals surface area contributed by atoms with E-state index in [0.29, 0.717) is 4.34 Å². The van der Waals surface area contributed by atoms with Crippen LogP contribution < -0.4 is 0 Å². The SMILES string of the molecule is O=C(O)Cc1ccc(-c2csc(-c3ncc(Cl)s3)n2)s1. The number of aromatic nitrogens is 2. The third kappa shape index (κ3) is 2.90. The fourth-order valence-electron chi connectivity index (χ4n) is 1.60. The van der Waals surface area contributed by atoms with Crippen LogP contribution in [0.2, 0.25) is 4.34 Å². The van der Waals surface area contributed by atoms with Gasteiger partial charge in [-0.1, -0.05) is 22.9 Å². The molecule has 0 bridgehead atoms. The molecule has 1 N–H and O–H groups in total. The third-order valence-electron chi connectivity index (χ3n) is 2.40. The highest BCUT2D eigenvalue weighted by atomic mass is 35.5. The molecule has 0 radical (unpaired) electrons. The average molecular weight is 343 g/mol. The fraction of sp³-hybridized carbons (Fsp3) is 0.0833. The summed E-state index contributed by atoms with van der Waals surface area (Å²) in [5, 5.41) is 12.3. The number of carboxylic acid groups (broad SMARTS) is 1. The fourth-order valence-corrected chi connectivity index (χ4v) is 4.41. The van der Waals surface area contributed by atoms with Gasteiger partial charge < -0.3 is 5.11 Å². The van der Waals surface area contributed by atoms with E-state index in [1.54, 1.807) is 6.20 Å². The van der Waals surface area contributed by atoms with Gasteiger partial charge in [0.05, 0.1) is 23.2 Å². The van der Waals surface area contributed by atoms with Crippen LogP contribution in [-0.4, -0.2) is 21.0 Å². The highest BCUT2D eigenvalue weighted by molar-refractivity contribution is 7.23. The van der Waals surface area contributed by atoms with Crippen LogP contribution >= 0.6 is 45.6 Å². The molecule has 8 heteroatoms. The monoisotopic (exact) mass is 342 g/mol. The molecule has 0 fully saturated rings. The quantitative estimate of drug-likeness (QED) is 0.768. The van der Waals surface area contributed by atoms with E-state index in [9.17, 15) is 4.79 Å². The van der Waals surface area contributed by atoms with E-state index >= 15 is 0 Å². The van der Waals surface area contributed by atoms with Crippen LogP contribution in [0.25, 0.3) is 20.6 Å². The van der Waals surface area contributed by atoms with E-state index in [1.807, 2.05) is 17.5 Å². The van der Waals surface area contributed by atoms with Gasteiger partial charge in [0.2, 0.25) is 0 Å². The van der Waals surface area contributed by atoms with Crippen molar-refractivity contribution in [3.63, 3.8) is 0 Å². The minimum atomic E-state index is -0.824. The summed E-state index contributed by atoms with van der Waals surface area (Å²) in [6.07, 6.45) is 1.66. The highest BCUT2D eigenvalue weighted by Gasteiger charge is 2.12. The Balaban J connectivity index is 1.86.